The number of fused-ring (bicyclic) bond motifs is 1. The number of aryl methyl sites for hydroxylation is 1. The number of imidazole rings is 1. The minimum atomic E-state index is 0.768. The molecule has 3 nitrogen and oxygen atoms in total. The molecule has 0 radical (unpaired) electrons. The fraction of sp³-hybridized carbons (Fsp3) is 0.350. The van der Waals surface area contributed by atoms with Gasteiger partial charge >= 0.3 is 0 Å². The quantitative estimate of drug-likeness (QED) is 0.636. The van der Waals surface area contributed by atoms with Gasteiger partial charge in [0.1, 0.15) is 5.52 Å². The highest BCUT2D eigenvalue weighted by molar-refractivity contribution is 6.30. The fourth-order valence-corrected chi connectivity index (χ4v) is 3.37. The number of aromatic nitrogens is 2. The van der Waals surface area contributed by atoms with Gasteiger partial charge in [0, 0.05) is 24.7 Å². The molecular formula is C20H24ClN3. The van der Waals surface area contributed by atoms with E-state index < -0.39 is 0 Å². The van der Waals surface area contributed by atoms with Crippen LogP contribution < -0.4 is 4.90 Å². The van der Waals surface area contributed by atoms with Gasteiger partial charge < -0.3 is 9.47 Å². The molecular weight excluding hydrogens is 318 g/mol. The first-order chi connectivity index (χ1) is 11.5. The highest BCUT2D eigenvalue weighted by Crippen LogP contribution is 2.32. The van der Waals surface area contributed by atoms with E-state index >= 15 is 0 Å². The Morgan fingerprint density at radius 2 is 1.75 bits per heavy atom. The zero-order valence-electron chi connectivity index (χ0n) is 14.8. The number of halogens is 1. The lowest BCUT2D eigenvalue weighted by molar-refractivity contribution is 0.824. The standard InChI is InChI=1S/C20H24ClN3/c1-5-23(6-2)20-15(4)14(3)11-18-19(20)22-13-24(18)12-16-7-9-17(21)10-8-16/h7-11,13H,5-6,12H2,1-4H3. The Kier molecular flexibility index (Phi) is 4.81. The van der Waals surface area contributed by atoms with E-state index in [9.17, 15) is 0 Å². The molecule has 1 heterocycles. The van der Waals surface area contributed by atoms with Crippen LogP contribution in [0.5, 0.6) is 0 Å². The van der Waals surface area contributed by atoms with Crippen LogP contribution in [-0.2, 0) is 6.54 Å². The second-order valence-electron chi connectivity index (χ2n) is 6.21. The first kappa shape index (κ1) is 16.8. The van der Waals surface area contributed by atoms with Gasteiger partial charge in [0.25, 0.3) is 0 Å². The van der Waals surface area contributed by atoms with Crippen molar-refractivity contribution in [3.05, 3.63) is 58.4 Å². The first-order valence-corrected chi connectivity index (χ1v) is 8.87. The summed E-state index contributed by atoms with van der Waals surface area (Å²) in [6.45, 7) is 11.5. The Balaban J connectivity index is 2.10. The van der Waals surface area contributed by atoms with Gasteiger partial charge in [-0.3, -0.25) is 0 Å². The third-order valence-electron chi connectivity index (χ3n) is 4.75. The van der Waals surface area contributed by atoms with Crippen molar-refractivity contribution >= 4 is 28.3 Å². The lowest BCUT2D eigenvalue weighted by atomic mass is 10.0. The summed E-state index contributed by atoms with van der Waals surface area (Å²) in [7, 11) is 0. The van der Waals surface area contributed by atoms with E-state index in [4.69, 9.17) is 16.6 Å². The summed E-state index contributed by atoms with van der Waals surface area (Å²) in [5, 5.41) is 0.768. The average Bonchev–Trinajstić information content (AvgIpc) is 2.96. The Labute approximate surface area is 148 Å². The van der Waals surface area contributed by atoms with E-state index in [0.29, 0.717) is 0 Å². The molecule has 0 saturated carbocycles. The van der Waals surface area contributed by atoms with Gasteiger partial charge in [-0.05, 0) is 62.6 Å². The second-order valence-corrected chi connectivity index (χ2v) is 6.64. The van der Waals surface area contributed by atoms with Crippen molar-refractivity contribution in [1.29, 1.82) is 0 Å². The summed E-state index contributed by atoms with van der Waals surface area (Å²) in [5.41, 5.74) is 7.40. The number of rotatable bonds is 5. The number of benzene rings is 2. The molecule has 0 fully saturated rings. The van der Waals surface area contributed by atoms with E-state index in [1.807, 2.05) is 18.5 Å². The van der Waals surface area contributed by atoms with Crippen LogP contribution in [0.4, 0.5) is 5.69 Å². The molecule has 24 heavy (non-hydrogen) atoms. The second kappa shape index (κ2) is 6.86. The lowest BCUT2D eigenvalue weighted by Gasteiger charge is -2.24. The number of nitrogens with zero attached hydrogens (tertiary/aromatic N) is 3. The molecule has 0 spiro atoms. The van der Waals surface area contributed by atoms with Gasteiger partial charge in [0.15, 0.2) is 0 Å². The molecule has 0 saturated heterocycles. The van der Waals surface area contributed by atoms with Crippen LogP contribution in [0.25, 0.3) is 11.0 Å². The van der Waals surface area contributed by atoms with Gasteiger partial charge in [-0.1, -0.05) is 23.7 Å². The summed E-state index contributed by atoms with van der Waals surface area (Å²) in [6, 6.07) is 10.3. The van der Waals surface area contributed by atoms with E-state index in [2.05, 4.69) is 55.4 Å². The molecule has 4 heteroatoms. The summed E-state index contributed by atoms with van der Waals surface area (Å²) in [4.78, 5) is 7.14. The Bertz CT molecular complexity index is 845. The summed E-state index contributed by atoms with van der Waals surface area (Å²) in [5.74, 6) is 0. The van der Waals surface area contributed by atoms with Crippen molar-refractivity contribution in [2.24, 2.45) is 0 Å². The van der Waals surface area contributed by atoms with Crippen LogP contribution in [0.1, 0.15) is 30.5 Å². The lowest BCUT2D eigenvalue weighted by Crippen LogP contribution is -2.23. The normalized spacial score (nSPS) is 11.2. The average molecular weight is 342 g/mol. The molecule has 0 atom stereocenters. The maximum Gasteiger partial charge on any atom is 0.112 e. The highest BCUT2D eigenvalue weighted by atomic mass is 35.5. The number of hydrogen-bond donors (Lipinski definition) is 0. The summed E-state index contributed by atoms with van der Waals surface area (Å²) in [6.07, 6.45) is 1.95. The van der Waals surface area contributed by atoms with Crippen molar-refractivity contribution in [1.82, 2.24) is 9.55 Å². The Morgan fingerprint density at radius 3 is 2.38 bits per heavy atom. The topological polar surface area (TPSA) is 21.1 Å². The minimum Gasteiger partial charge on any atom is -0.370 e. The first-order valence-electron chi connectivity index (χ1n) is 8.49. The molecule has 0 N–H and O–H groups in total. The van der Waals surface area contributed by atoms with Crippen molar-refractivity contribution in [3.8, 4) is 0 Å². The monoisotopic (exact) mass is 341 g/mol. The van der Waals surface area contributed by atoms with Crippen LogP contribution >= 0.6 is 11.6 Å². The predicted molar refractivity (Wildman–Crippen MR) is 103 cm³/mol. The smallest absolute Gasteiger partial charge is 0.112 e. The molecule has 0 unspecified atom stereocenters. The molecule has 0 aliphatic carbocycles. The van der Waals surface area contributed by atoms with Gasteiger partial charge in [-0.15, -0.1) is 0 Å². The van der Waals surface area contributed by atoms with Crippen LogP contribution in [0.15, 0.2) is 36.7 Å². The van der Waals surface area contributed by atoms with Gasteiger partial charge in [0.05, 0.1) is 17.5 Å². The molecule has 1 aromatic heterocycles. The van der Waals surface area contributed by atoms with E-state index in [1.54, 1.807) is 0 Å². The summed E-state index contributed by atoms with van der Waals surface area (Å²) < 4.78 is 2.22. The van der Waals surface area contributed by atoms with Crippen LogP contribution in [0, 0.1) is 13.8 Å². The molecule has 2 aromatic carbocycles. The third kappa shape index (κ3) is 3.01. The third-order valence-corrected chi connectivity index (χ3v) is 5.00. The van der Waals surface area contributed by atoms with E-state index in [1.165, 1.54) is 27.9 Å². The minimum absolute atomic E-state index is 0.768. The predicted octanol–water partition coefficient (Wildman–Crippen LogP) is 5.20. The number of hydrogen-bond acceptors (Lipinski definition) is 2. The molecule has 126 valence electrons. The van der Waals surface area contributed by atoms with Crippen LogP contribution in [0.2, 0.25) is 5.02 Å². The maximum atomic E-state index is 5.99. The SMILES string of the molecule is CCN(CC)c1c(C)c(C)cc2c1ncn2Cc1ccc(Cl)cc1. The molecule has 3 rings (SSSR count). The van der Waals surface area contributed by atoms with Crippen molar-refractivity contribution < 1.29 is 0 Å². The Hall–Kier alpha value is -2.00. The molecule has 3 aromatic rings. The molecule has 0 amide bonds. The largest absolute Gasteiger partial charge is 0.370 e. The van der Waals surface area contributed by atoms with Crippen molar-refractivity contribution in [3.63, 3.8) is 0 Å². The van der Waals surface area contributed by atoms with Gasteiger partial charge in [-0.2, -0.15) is 0 Å². The summed E-state index contributed by atoms with van der Waals surface area (Å²) >= 11 is 5.99. The fourth-order valence-electron chi connectivity index (χ4n) is 3.24. The van der Waals surface area contributed by atoms with E-state index in [-0.39, 0.29) is 0 Å². The molecule has 0 aliphatic rings. The Morgan fingerprint density at radius 1 is 1.08 bits per heavy atom. The number of anilines is 1. The molecule has 0 aliphatic heterocycles. The van der Waals surface area contributed by atoms with Crippen LogP contribution in [-0.4, -0.2) is 22.6 Å². The highest BCUT2D eigenvalue weighted by Gasteiger charge is 2.16. The molecule has 0 bridgehead atoms. The van der Waals surface area contributed by atoms with Crippen molar-refractivity contribution in [2.45, 2.75) is 34.2 Å². The van der Waals surface area contributed by atoms with Gasteiger partial charge in [-0.25, -0.2) is 4.98 Å². The van der Waals surface area contributed by atoms with Gasteiger partial charge in [0.2, 0.25) is 0 Å². The maximum absolute atomic E-state index is 5.99. The van der Waals surface area contributed by atoms with Crippen molar-refractivity contribution in [2.75, 3.05) is 18.0 Å². The van der Waals surface area contributed by atoms with E-state index in [0.717, 1.165) is 30.2 Å². The zero-order chi connectivity index (χ0) is 17.3. The zero-order valence-corrected chi connectivity index (χ0v) is 15.6. The van der Waals surface area contributed by atoms with Crippen LogP contribution in [0.3, 0.4) is 0 Å².